The fourth-order valence-electron chi connectivity index (χ4n) is 2.42. The molecule has 7 nitrogen and oxygen atoms in total. The number of rotatable bonds is 6. The molecule has 1 aliphatic heterocycles. The first-order valence-corrected chi connectivity index (χ1v) is 8.38. The molecule has 1 unspecified atom stereocenters. The van der Waals surface area contributed by atoms with Crippen molar-refractivity contribution in [3.8, 4) is 5.88 Å². The van der Waals surface area contributed by atoms with Crippen molar-refractivity contribution in [3.05, 3.63) is 23.9 Å². The fraction of sp³-hybridized carbons (Fsp3) is 0.538. The molecule has 0 spiro atoms. The second-order valence-electron chi connectivity index (χ2n) is 5.03. The number of nitrogens with zero attached hydrogens (tertiary/aromatic N) is 2. The average Bonchev–Trinajstić information content (AvgIpc) is 2.78. The van der Waals surface area contributed by atoms with Crippen LogP contribution in [-0.2, 0) is 21.2 Å². The minimum absolute atomic E-state index is 0.00421. The van der Waals surface area contributed by atoms with Crippen LogP contribution in [0, 0.1) is 0 Å². The Kier molecular flexibility index (Phi) is 4.79. The summed E-state index contributed by atoms with van der Waals surface area (Å²) in [6, 6.07) is 4.95. The van der Waals surface area contributed by atoms with Gasteiger partial charge in [0.15, 0.2) is 9.84 Å². The van der Waals surface area contributed by atoms with E-state index in [1.807, 2.05) is 0 Å². The summed E-state index contributed by atoms with van der Waals surface area (Å²) < 4.78 is 28.2. The fourth-order valence-corrected chi connectivity index (χ4v) is 4.18. The molecule has 1 aromatic heterocycles. The minimum Gasteiger partial charge on any atom is -0.481 e. The lowest BCUT2D eigenvalue weighted by atomic mass is 10.2. The quantitative estimate of drug-likeness (QED) is 0.799. The Morgan fingerprint density at radius 1 is 1.52 bits per heavy atom. The van der Waals surface area contributed by atoms with Crippen LogP contribution in [0.25, 0.3) is 0 Å². The summed E-state index contributed by atoms with van der Waals surface area (Å²) in [5, 5.41) is 9.02. The molecule has 21 heavy (non-hydrogen) atoms. The smallest absolute Gasteiger partial charge is 0.317 e. The predicted molar refractivity (Wildman–Crippen MR) is 75.9 cm³/mol. The first-order valence-electron chi connectivity index (χ1n) is 6.56. The van der Waals surface area contributed by atoms with Crippen molar-refractivity contribution < 1.29 is 23.1 Å². The van der Waals surface area contributed by atoms with Crippen molar-refractivity contribution in [1.29, 1.82) is 0 Å². The van der Waals surface area contributed by atoms with Crippen LogP contribution in [0.15, 0.2) is 18.2 Å². The van der Waals surface area contributed by atoms with Crippen LogP contribution in [0.1, 0.15) is 12.1 Å². The van der Waals surface area contributed by atoms with Gasteiger partial charge in [0.1, 0.15) is 0 Å². The van der Waals surface area contributed by atoms with E-state index < -0.39 is 15.8 Å². The molecule has 2 heterocycles. The highest BCUT2D eigenvalue weighted by molar-refractivity contribution is 7.91. The Bertz CT molecular complexity index is 617. The van der Waals surface area contributed by atoms with Crippen molar-refractivity contribution in [2.24, 2.45) is 0 Å². The number of aromatic nitrogens is 1. The molecule has 1 atom stereocenters. The van der Waals surface area contributed by atoms with E-state index in [4.69, 9.17) is 9.84 Å². The zero-order valence-corrected chi connectivity index (χ0v) is 12.5. The number of carbonyl (C=O) groups is 1. The highest BCUT2D eigenvalue weighted by atomic mass is 32.2. The van der Waals surface area contributed by atoms with Crippen LogP contribution in [-0.4, -0.2) is 60.6 Å². The SMILES string of the molecule is COc1cccc(CN(CC(=O)O)C2CCS(=O)(=O)C2)n1. The number of carboxylic acids is 1. The third kappa shape index (κ3) is 4.40. The van der Waals surface area contributed by atoms with Gasteiger partial charge in [-0.2, -0.15) is 0 Å². The summed E-state index contributed by atoms with van der Waals surface area (Å²) >= 11 is 0. The predicted octanol–water partition coefficient (Wildman–Crippen LogP) is 0.164. The lowest BCUT2D eigenvalue weighted by molar-refractivity contribution is -0.139. The molecule has 1 aromatic rings. The Morgan fingerprint density at radius 3 is 2.86 bits per heavy atom. The average molecular weight is 314 g/mol. The van der Waals surface area contributed by atoms with Crippen LogP contribution >= 0.6 is 0 Å². The molecule has 0 aliphatic carbocycles. The molecule has 1 fully saturated rings. The Balaban J connectivity index is 2.14. The molecule has 1 aliphatic rings. The van der Waals surface area contributed by atoms with Crippen LogP contribution < -0.4 is 4.74 Å². The standard InChI is InChI=1S/C13H18N2O5S/c1-20-12-4-2-3-10(14-12)7-15(8-13(16)17)11-5-6-21(18,19)9-11/h2-4,11H,5-9H2,1H3,(H,16,17). The Morgan fingerprint density at radius 2 is 2.29 bits per heavy atom. The number of hydrogen-bond donors (Lipinski definition) is 1. The summed E-state index contributed by atoms with van der Waals surface area (Å²) in [6.07, 6.45) is 0.458. The molecule has 2 rings (SSSR count). The van der Waals surface area contributed by atoms with Gasteiger partial charge in [-0.15, -0.1) is 0 Å². The van der Waals surface area contributed by atoms with Gasteiger partial charge in [0, 0.05) is 18.7 Å². The van der Waals surface area contributed by atoms with E-state index in [1.165, 1.54) is 7.11 Å². The van der Waals surface area contributed by atoms with Crippen molar-refractivity contribution in [1.82, 2.24) is 9.88 Å². The van der Waals surface area contributed by atoms with Crippen molar-refractivity contribution >= 4 is 15.8 Å². The summed E-state index contributed by atoms with van der Waals surface area (Å²) in [7, 11) is -1.56. The van der Waals surface area contributed by atoms with Gasteiger partial charge in [0.2, 0.25) is 5.88 Å². The summed E-state index contributed by atoms with van der Waals surface area (Å²) in [5.41, 5.74) is 0.653. The zero-order chi connectivity index (χ0) is 15.5. The minimum atomic E-state index is -3.06. The van der Waals surface area contributed by atoms with Crippen LogP contribution in [0.5, 0.6) is 5.88 Å². The van der Waals surface area contributed by atoms with E-state index >= 15 is 0 Å². The maximum absolute atomic E-state index is 11.6. The van der Waals surface area contributed by atoms with Gasteiger partial charge in [-0.25, -0.2) is 13.4 Å². The van der Waals surface area contributed by atoms with Crippen LogP contribution in [0.3, 0.4) is 0 Å². The molecule has 0 bridgehead atoms. The molecular formula is C13H18N2O5S. The lowest BCUT2D eigenvalue weighted by Crippen LogP contribution is -2.39. The van der Waals surface area contributed by atoms with Gasteiger partial charge in [0.25, 0.3) is 0 Å². The molecule has 1 N–H and O–H groups in total. The first-order chi connectivity index (χ1) is 9.89. The van der Waals surface area contributed by atoms with Gasteiger partial charge < -0.3 is 9.84 Å². The van der Waals surface area contributed by atoms with E-state index in [2.05, 4.69) is 4.98 Å². The van der Waals surface area contributed by atoms with Gasteiger partial charge in [0.05, 0.1) is 30.9 Å². The molecule has 8 heteroatoms. The first kappa shape index (κ1) is 15.7. The Labute approximate surface area is 123 Å². The van der Waals surface area contributed by atoms with Crippen molar-refractivity contribution in [2.75, 3.05) is 25.2 Å². The number of hydrogen-bond acceptors (Lipinski definition) is 6. The second-order valence-corrected chi connectivity index (χ2v) is 7.26. The third-order valence-electron chi connectivity index (χ3n) is 3.42. The second kappa shape index (κ2) is 6.40. The van der Waals surface area contributed by atoms with Gasteiger partial charge in [-0.3, -0.25) is 9.69 Å². The normalized spacial score (nSPS) is 20.6. The number of sulfone groups is 1. The van der Waals surface area contributed by atoms with Crippen LogP contribution in [0.2, 0.25) is 0 Å². The number of pyridine rings is 1. The topological polar surface area (TPSA) is 96.8 Å². The van der Waals surface area contributed by atoms with Crippen molar-refractivity contribution in [2.45, 2.75) is 19.0 Å². The number of carboxylic acid groups (broad SMARTS) is 1. The monoisotopic (exact) mass is 314 g/mol. The highest BCUT2D eigenvalue weighted by Crippen LogP contribution is 2.20. The third-order valence-corrected chi connectivity index (χ3v) is 5.17. The molecule has 1 saturated heterocycles. The summed E-state index contributed by atoms with van der Waals surface area (Å²) in [6.45, 7) is 0.0722. The largest absolute Gasteiger partial charge is 0.481 e. The molecule has 0 amide bonds. The summed E-state index contributed by atoms with van der Waals surface area (Å²) in [4.78, 5) is 16.9. The van der Waals surface area contributed by atoms with E-state index in [1.54, 1.807) is 23.1 Å². The molecule has 0 aromatic carbocycles. The number of ether oxygens (including phenoxy) is 1. The highest BCUT2D eigenvalue weighted by Gasteiger charge is 2.33. The lowest BCUT2D eigenvalue weighted by Gasteiger charge is -2.25. The maximum atomic E-state index is 11.6. The van der Waals surface area contributed by atoms with Gasteiger partial charge in [-0.1, -0.05) is 6.07 Å². The van der Waals surface area contributed by atoms with Crippen LogP contribution in [0.4, 0.5) is 0 Å². The maximum Gasteiger partial charge on any atom is 0.317 e. The Hall–Kier alpha value is -1.67. The molecule has 0 saturated carbocycles. The summed E-state index contributed by atoms with van der Waals surface area (Å²) in [5.74, 6) is -0.423. The van der Waals surface area contributed by atoms with Gasteiger partial charge in [-0.05, 0) is 12.5 Å². The van der Waals surface area contributed by atoms with E-state index in [9.17, 15) is 13.2 Å². The van der Waals surface area contributed by atoms with Gasteiger partial charge >= 0.3 is 5.97 Å². The number of aliphatic carboxylic acids is 1. The molecule has 116 valence electrons. The number of methoxy groups -OCH3 is 1. The van der Waals surface area contributed by atoms with E-state index in [-0.39, 0.29) is 30.6 Å². The van der Waals surface area contributed by atoms with E-state index in [0.29, 0.717) is 18.0 Å². The molecular weight excluding hydrogens is 296 g/mol. The molecule has 0 radical (unpaired) electrons. The zero-order valence-electron chi connectivity index (χ0n) is 11.7. The van der Waals surface area contributed by atoms with E-state index in [0.717, 1.165) is 0 Å². The van der Waals surface area contributed by atoms with Crippen molar-refractivity contribution in [3.63, 3.8) is 0 Å².